The number of carbonyl (C=O) groups is 1. The summed E-state index contributed by atoms with van der Waals surface area (Å²) >= 11 is 0. The minimum atomic E-state index is -4.45. The maximum Gasteiger partial charge on any atom is 0.416 e. The highest BCUT2D eigenvalue weighted by Crippen LogP contribution is 2.51. The minimum Gasteiger partial charge on any atom is -0.482 e. The first kappa shape index (κ1) is 23.4. The number of esters is 1. The van der Waals surface area contributed by atoms with E-state index < -0.39 is 28.6 Å². The summed E-state index contributed by atoms with van der Waals surface area (Å²) in [5.74, 6) is -0.197. The predicted molar refractivity (Wildman–Crippen MR) is 126 cm³/mol. The molecule has 0 fully saturated rings. The van der Waals surface area contributed by atoms with Crippen LogP contribution < -0.4 is 9.47 Å². The summed E-state index contributed by atoms with van der Waals surface area (Å²) in [4.78, 5) is 15.6. The fourth-order valence-corrected chi connectivity index (χ4v) is 5.59. The van der Waals surface area contributed by atoms with E-state index in [2.05, 4.69) is 24.3 Å². The minimum absolute atomic E-state index is 0.0216. The second-order valence-corrected chi connectivity index (χ2v) is 9.51. The third-order valence-corrected chi connectivity index (χ3v) is 7.34. The van der Waals surface area contributed by atoms with Crippen molar-refractivity contribution in [2.45, 2.75) is 20.9 Å². The van der Waals surface area contributed by atoms with Gasteiger partial charge in [-0.2, -0.15) is 24.1 Å². The lowest BCUT2D eigenvalue weighted by Gasteiger charge is -2.23. The number of thiol groups is 1. The molecule has 4 aromatic carbocycles. The topological polar surface area (TPSA) is 35.5 Å². The molecule has 0 aliphatic rings. The Balaban J connectivity index is 1.40. The summed E-state index contributed by atoms with van der Waals surface area (Å²) in [6, 6.07) is 32.0. The first-order chi connectivity index (χ1) is 16.4. The summed E-state index contributed by atoms with van der Waals surface area (Å²) < 4.78 is 48.5. The monoisotopic (exact) mass is 482 g/mol. The van der Waals surface area contributed by atoms with Crippen LogP contribution in [0, 0.1) is 0 Å². The Morgan fingerprint density at radius 2 is 1.12 bits per heavy atom. The molecule has 3 nitrogen and oxygen atoms in total. The zero-order valence-corrected chi connectivity index (χ0v) is 18.8. The van der Waals surface area contributed by atoms with Crippen LogP contribution in [0.25, 0.3) is 0 Å². The molecule has 0 heterocycles. The van der Waals surface area contributed by atoms with Crippen molar-refractivity contribution < 1.29 is 27.4 Å². The molecule has 4 rings (SSSR count). The molecule has 0 spiro atoms. The average molecular weight is 483 g/mol. The average Bonchev–Trinajstić information content (AvgIpc) is 2.85. The Labute approximate surface area is 198 Å². The molecular formula is C27H21F3O3S. The van der Waals surface area contributed by atoms with E-state index in [1.807, 2.05) is 48.5 Å². The Hall–Kier alpha value is -3.71. The first-order valence-electron chi connectivity index (χ1n) is 10.4. The molecule has 0 aliphatic heterocycles. The van der Waals surface area contributed by atoms with Gasteiger partial charge >= 0.3 is 12.1 Å². The molecule has 0 saturated heterocycles. The number of ether oxygens (including phenoxy) is 2. The molecule has 174 valence electrons. The fourth-order valence-electron chi connectivity index (χ4n) is 3.31. The summed E-state index contributed by atoms with van der Waals surface area (Å²) in [6.07, 6.45) is -4.45. The molecule has 0 aliphatic carbocycles. The van der Waals surface area contributed by atoms with E-state index in [9.17, 15) is 18.0 Å². The molecule has 0 bridgehead atoms. The highest BCUT2D eigenvalue weighted by molar-refractivity contribution is 8.17. The maximum atomic E-state index is 12.6. The Bertz CT molecular complexity index is 1170. The van der Waals surface area contributed by atoms with Gasteiger partial charge in [-0.05, 0) is 87.5 Å². The largest absolute Gasteiger partial charge is 0.482 e. The van der Waals surface area contributed by atoms with Crippen molar-refractivity contribution in [1.29, 1.82) is 0 Å². The number of hydrogen-bond acceptors (Lipinski definition) is 3. The van der Waals surface area contributed by atoms with E-state index in [1.165, 1.54) is 9.79 Å². The number of carbonyl (C=O) groups excluding carboxylic acids is 1. The van der Waals surface area contributed by atoms with Crippen LogP contribution in [0.1, 0.15) is 5.56 Å². The van der Waals surface area contributed by atoms with E-state index in [-0.39, 0.29) is 12.4 Å². The molecule has 0 N–H and O–H groups in total. The third kappa shape index (κ3) is 5.99. The van der Waals surface area contributed by atoms with Gasteiger partial charge in [0, 0.05) is 0 Å². The fraction of sp³-hybridized carbons (Fsp3) is 0.0741. The number of benzene rings is 4. The van der Waals surface area contributed by atoms with Crippen molar-refractivity contribution >= 4 is 16.9 Å². The smallest absolute Gasteiger partial charge is 0.416 e. The van der Waals surface area contributed by atoms with Crippen LogP contribution in [-0.4, -0.2) is 12.6 Å². The summed E-state index contributed by atoms with van der Waals surface area (Å²) in [7, 11) is -0.752. The van der Waals surface area contributed by atoms with Crippen molar-refractivity contribution in [3.8, 4) is 11.5 Å². The highest BCUT2D eigenvalue weighted by Gasteiger charge is 2.30. The van der Waals surface area contributed by atoms with Gasteiger partial charge in [-0.15, -0.1) is 0 Å². The molecule has 0 radical (unpaired) electrons. The second-order valence-electron chi connectivity index (χ2n) is 7.29. The van der Waals surface area contributed by atoms with Crippen molar-refractivity contribution in [2.24, 2.45) is 0 Å². The molecule has 0 unspecified atom stereocenters. The summed E-state index contributed by atoms with van der Waals surface area (Å²) in [6.45, 7) is -0.369. The molecule has 7 heteroatoms. The maximum absolute atomic E-state index is 12.6. The first-order valence-corrected chi connectivity index (χ1v) is 11.8. The van der Waals surface area contributed by atoms with E-state index in [4.69, 9.17) is 9.47 Å². The zero-order valence-electron chi connectivity index (χ0n) is 17.9. The lowest BCUT2D eigenvalue weighted by molar-refractivity contribution is -0.137. The molecule has 0 atom stereocenters. The lowest BCUT2D eigenvalue weighted by Crippen LogP contribution is -2.17. The summed E-state index contributed by atoms with van der Waals surface area (Å²) in [5, 5.41) is 0. The standard InChI is InChI=1S/C27H21F3O3S/c28-27(29,30)20-11-13-22(14-12-20)33-26(31)19-32-21-15-17-25(18-16-21)34(23-7-3-1-4-8-23)24-9-5-2-6-10-24/h1-18,34H,19H2. The van der Waals surface area contributed by atoms with E-state index >= 15 is 0 Å². The van der Waals surface area contributed by atoms with Crippen LogP contribution in [0.2, 0.25) is 0 Å². The Morgan fingerprint density at radius 3 is 1.62 bits per heavy atom. The normalized spacial score (nSPS) is 11.6. The van der Waals surface area contributed by atoms with Crippen LogP contribution in [0.4, 0.5) is 13.2 Å². The number of rotatable bonds is 7. The third-order valence-electron chi connectivity index (χ3n) is 4.89. The van der Waals surface area contributed by atoms with E-state index in [0.29, 0.717) is 5.75 Å². The highest BCUT2D eigenvalue weighted by atomic mass is 32.2. The van der Waals surface area contributed by atoms with Gasteiger partial charge in [-0.1, -0.05) is 36.4 Å². The van der Waals surface area contributed by atoms with Crippen molar-refractivity contribution in [3.05, 3.63) is 115 Å². The van der Waals surface area contributed by atoms with Gasteiger partial charge in [0.05, 0.1) is 5.56 Å². The molecule has 0 saturated carbocycles. The van der Waals surface area contributed by atoms with Gasteiger partial charge in [0.15, 0.2) is 6.61 Å². The van der Waals surface area contributed by atoms with Crippen LogP contribution in [0.5, 0.6) is 11.5 Å². The summed E-state index contributed by atoms with van der Waals surface area (Å²) in [5.41, 5.74) is -0.811. The van der Waals surface area contributed by atoms with Crippen molar-refractivity contribution in [1.82, 2.24) is 0 Å². The van der Waals surface area contributed by atoms with Crippen molar-refractivity contribution in [3.63, 3.8) is 0 Å². The van der Waals surface area contributed by atoms with Crippen molar-refractivity contribution in [2.75, 3.05) is 6.61 Å². The van der Waals surface area contributed by atoms with Gasteiger partial charge in [-0.25, -0.2) is 4.79 Å². The van der Waals surface area contributed by atoms with Gasteiger partial charge in [0.2, 0.25) is 0 Å². The predicted octanol–water partition coefficient (Wildman–Crippen LogP) is 7.17. The van der Waals surface area contributed by atoms with E-state index in [0.717, 1.165) is 29.2 Å². The van der Waals surface area contributed by atoms with Gasteiger partial charge < -0.3 is 9.47 Å². The van der Waals surface area contributed by atoms with Gasteiger partial charge in [-0.3, -0.25) is 0 Å². The SMILES string of the molecule is O=C(COc1ccc([SH](c2ccccc2)c2ccccc2)cc1)Oc1ccc(C(F)(F)F)cc1. The zero-order chi connectivity index (χ0) is 24.0. The van der Waals surface area contributed by atoms with Gasteiger partial charge in [0.1, 0.15) is 11.5 Å². The number of alkyl halides is 3. The van der Waals surface area contributed by atoms with Crippen LogP contribution in [0.3, 0.4) is 0 Å². The molecule has 4 aromatic rings. The number of halogens is 3. The lowest BCUT2D eigenvalue weighted by atomic mass is 10.2. The van der Waals surface area contributed by atoms with Crippen LogP contribution >= 0.6 is 10.9 Å². The van der Waals surface area contributed by atoms with Crippen LogP contribution in [-0.2, 0) is 11.0 Å². The second kappa shape index (κ2) is 10.5. The Kier molecular flexibility index (Phi) is 7.23. The van der Waals surface area contributed by atoms with Crippen LogP contribution in [0.15, 0.2) is 124 Å². The van der Waals surface area contributed by atoms with E-state index in [1.54, 1.807) is 12.1 Å². The quantitative estimate of drug-likeness (QED) is 0.172. The molecule has 0 amide bonds. The molecule has 34 heavy (non-hydrogen) atoms. The van der Waals surface area contributed by atoms with Gasteiger partial charge in [0.25, 0.3) is 0 Å². The Morgan fingerprint density at radius 1 is 0.647 bits per heavy atom. The molecule has 0 aromatic heterocycles. The number of hydrogen-bond donors (Lipinski definition) is 1. The molecular weight excluding hydrogens is 461 g/mol.